The maximum absolute atomic E-state index is 12.2. The Hall–Kier alpha value is -0.340. The van der Waals surface area contributed by atoms with Crippen molar-refractivity contribution in [2.45, 2.75) is 25.7 Å². The first-order chi connectivity index (χ1) is 7.29. The second-order valence-corrected chi connectivity index (χ2v) is 6.13. The first-order valence-electron chi connectivity index (χ1n) is 5.56. The van der Waals surface area contributed by atoms with Crippen molar-refractivity contribution < 1.29 is 4.79 Å². The van der Waals surface area contributed by atoms with E-state index in [4.69, 9.17) is 11.6 Å². The van der Waals surface area contributed by atoms with Crippen molar-refractivity contribution in [3.8, 4) is 0 Å². The normalized spacial score (nSPS) is 33.5. The van der Waals surface area contributed by atoms with E-state index in [1.54, 1.807) is 0 Å². The molecule has 1 aromatic rings. The lowest BCUT2D eigenvalue weighted by Crippen LogP contribution is -2.03. The van der Waals surface area contributed by atoms with Crippen molar-refractivity contribution in [3.63, 3.8) is 0 Å². The van der Waals surface area contributed by atoms with E-state index >= 15 is 0 Å². The molecule has 0 radical (unpaired) electrons. The zero-order chi connectivity index (χ0) is 10.4. The van der Waals surface area contributed by atoms with Gasteiger partial charge in [0.15, 0.2) is 5.78 Å². The van der Waals surface area contributed by atoms with Gasteiger partial charge in [0.2, 0.25) is 0 Å². The molecule has 3 heteroatoms. The van der Waals surface area contributed by atoms with Crippen molar-refractivity contribution >= 4 is 28.7 Å². The topological polar surface area (TPSA) is 17.1 Å². The fourth-order valence-corrected chi connectivity index (χ4v) is 3.96. The second kappa shape index (κ2) is 3.60. The van der Waals surface area contributed by atoms with Gasteiger partial charge in [-0.05, 0) is 36.1 Å². The maximum Gasteiger partial charge on any atom is 0.168 e. The van der Waals surface area contributed by atoms with Gasteiger partial charge in [-0.2, -0.15) is 0 Å². The van der Waals surface area contributed by atoms with Crippen molar-refractivity contribution in [2.75, 3.05) is 0 Å². The van der Waals surface area contributed by atoms with E-state index < -0.39 is 0 Å². The van der Waals surface area contributed by atoms with Crippen LogP contribution in [0.1, 0.15) is 36.0 Å². The fraction of sp³-hybridized carbons (Fsp3) is 0.583. The van der Waals surface area contributed by atoms with E-state index in [1.807, 2.05) is 11.4 Å². The van der Waals surface area contributed by atoms with Crippen LogP contribution in [0.4, 0.5) is 0 Å². The summed E-state index contributed by atoms with van der Waals surface area (Å²) >= 11 is 7.46. The first-order valence-corrected chi connectivity index (χ1v) is 6.82. The Morgan fingerprint density at radius 1 is 1.33 bits per heavy atom. The van der Waals surface area contributed by atoms with E-state index in [0.29, 0.717) is 27.9 Å². The second-order valence-electron chi connectivity index (χ2n) is 4.61. The molecule has 1 nitrogen and oxygen atoms in total. The fourth-order valence-electron chi connectivity index (χ4n) is 3.03. The van der Waals surface area contributed by atoms with E-state index in [2.05, 4.69) is 0 Å². The molecule has 3 rings (SSSR count). The van der Waals surface area contributed by atoms with Crippen LogP contribution in [0.2, 0.25) is 4.34 Å². The Kier molecular flexibility index (Phi) is 2.37. The van der Waals surface area contributed by atoms with E-state index in [-0.39, 0.29) is 0 Å². The molecule has 0 spiro atoms. The average Bonchev–Trinajstić information content (AvgIpc) is 2.83. The molecule has 0 bridgehead atoms. The summed E-state index contributed by atoms with van der Waals surface area (Å²) in [5, 5.41) is 1.90. The molecular weight excluding hydrogens is 228 g/mol. The highest BCUT2D eigenvalue weighted by Gasteiger charge is 2.54. The third-order valence-corrected chi connectivity index (χ3v) is 5.01. The van der Waals surface area contributed by atoms with Crippen molar-refractivity contribution in [2.24, 2.45) is 17.8 Å². The predicted molar refractivity (Wildman–Crippen MR) is 62.6 cm³/mol. The van der Waals surface area contributed by atoms with E-state index in [9.17, 15) is 4.79 Å². The lowest BCUT2D eigenvalue weighted by molar-refractivity contribution is 0.0957. The van der Waals surface area contributed by atoms with Gasteiger partial charge < -0.3 is 0 Å². The van der Waals surface area contributed by atoms with Crippen LogP contribution in [0.15, 0.2) is 11.4 Å². The number of hydrogen-bond donors (Lipinski definition) is 0. The molecule has 0 aliphatic heterocycles. The average molecular weight is 241 g/mol. The summed E-state index contributed by atoms with van der Waals surface area (Å²) in [4.78, 5) is 12.2. The Labute approximate surface area is 98.4 Å². The number of hydrogen-bond acceptors (Lipinski definition) is 2. The molecule has 1 heterocycles. The van der Waals surface area contributed by atoms with Crippen LogP contribution in [0.25, 0.3) is 0 Å². The Morgan fingerprint density at radius 3 is 2.53 bits per heavy atom. The van der Waals surface area contributed by atoms with Gasteiger partial charge >= 0.3 is 0 Å². The van der Waals surface area contributed by atoms with Gasteiger partial charge in [-0.25, -0.2) is 0 Å². The summed E-state index contributed by atoms with van der Waals surface area (Å²) in [6.45, 7) is 0. The summed E-state index contributed by atoms with van der Waals surface area (Å²) in [5.74, 6) is 1.97. The molecule has 15 heavy (non-hydrogen) atoms. The lowest BCUT2D eigenvalue weighted by Gasteiger charge is -2.04. The molecular formula is C12H13ClOS. The quantitative estimate of drug-likeness (QED) is 0.714. The molecule has 2 aliphatic rings. The third kappa shape index (κ3) is 1.55. The van der Waals surface area contributed by atoms with Crippen LogP contribution < -0.4 is 0 Å². The number of ketones is 1. The highest BCUT2D eigenvalue weighted by atomic mass is 35.5. The van der Waals surface area contributed by atoms with Crippen LogP contribution in [0, 0.1) is 17.8 Å². The number of thiophene rings is 1. The summed E-state index contributed by atoms with van der Waals surface area (Å²) < 4.78 is 0.670. The van der Waals surface area contributed by atoms with Crippen molar-refractivity contribution in [3.05, 3.63) is 21.3 Å². The third-order valence-electron chi connectivity index (χ3n) is 3.84. The molecule has 0 amide bonds. The van der Waals surface area contributed by atoms with E-state index in [1.165, 1.54) is 37.0 Å². The number of halogens is 1. The van der Waals surface area contributed by atoms with Gasteiger partial charge in [0.25, 0.3) is 0 Å². The monoisotopic (exact) mass is 240 g/mol. The van der Waals surface area contributed by atoms with Gasteiger partial charge in [0.1, 0.15) is 4.34 Å². The van der Waals surface area contributed by atoms with E-state index in [0.717, 1.165) is 5.56 Å². The molecule has 0 N–H and O–H groups in total. The minimum absolute atomic E-state index is 0.304. The Morgan fingerprint density at radius 2 is 2.00 bits per heavy atom. The smallest absolute Gasteiger partial charge is 0.168 e. The van der Waals surface area contributed by atoms with Gasteiger partial charge in [0, 0.05) is 11.5 Å². The standard InChI is InChI=1S/C12H13ClOS/c13-12-9(5-6-15-12)11(14)10-7-3-1-2-4-8(7)10/h5-8,10H,1-4H2. The zero-order valence-electron chi connectivity index (χ0n) is 8.41. The number of carbonyl (C=O) groups is 1. The Balaban J connectivity index is 1.79. The largest absolute Gasteiger partial charge is 0.294 e. The highest BCUT2D eigenvalue weighted by molar-refractivity contribution is 7.14. The summed E-state index contributed by atoms with van der Waals surface area (Å²) in [6.07, 6.45) is 5.12. The SMILES string of the molecule is O=C(c1ccsc1Cl)C1C2CCCCC21. The predicted octanol–water partition coefficient (Wildman–Crippen LogP) is 4.02. The summed E-state index contributed by atoms with van der Waals surface area (Å²) in [6, 6.07) is 1.87. The molecule has 0 saturated heterocycles. The Bertz CT molecular complexity index is 386. The molecule has 0 aromatic carbocycles. The number of Topliss-reactive ketones (excluding diaryl/α,β-unsaturated/α-hetero) is 1. The molecule has 2 unspecified atom stereocenters. The molecule has 1 aromatic heterocycles. The molecule has 2 atom stereocenters. The lowest BCUT2D eigenvalue weighted by atomic mass is 10.0. The van der Waals surface area contributed by atoms with Crippen molar-refractivity contribution in [1.82, 2.24) is 0 Å². The van der Waals surface area contributed by atoms with Crippen LogP contribution >= 0.6 is 22.9 Å². The first kappa shape index (κ1) is 9.86. The molecule has 2 aliphatic carbocycles. The maximum atomic E-state index is 12.2. The van der Waals surface area contributed by atoms with Crippen LogP contribution in [0.3, 0.4) is 0 Å². The number of rotatable bonds is 2. The molecule has 2 fully saturated rings. The highest BCUT2D eigenvalue weighted by Crippen LogP contribution is 2.57. The minimum atomic E-state index is 0.304. The van der Waals surface area contributed by atoms with Gasteiger partial charge in [-0.15, -0.1) is 11.3 Å². The molecule has 2 saturated carbocycles. The molecule has 80 valence electrons. The van der Waals surface area contributed by atoms with Gasteiger partial charge in [-0.1, -0.05) is 24.4 Å². The van der Waals surface area contributed by atoms with Crippen molar-refractivity contribution in [1.29, 1.82) is 0 Å². The number of fused-ring (bicyclic) bond motifs is 1. The van der Waals surface area contributed by atoms with Crippen LogP contribution in [-0.2, 0) is 0 Å². The van der Waals surface area contributed by atoms with Gasteiger partial charge in [-0.3, -0.25) is 4.79 Å². The van der Waals surface area contributed by atoms with Crippen LogP contribution in [-0.4, -0.2) is 5.78 Å². The summed E-state index contributed by atoms with van der Waals surface area (Å²) in [5.41, 5.74) is 0.765. The minimum Gasteiger partial charge on any atom is -0.294 e. The zero-order valence-corrected chi connectivity index (χ0v) is 9.98. The summed E-state index contributed by atoms with van der Waals surface area (Å²) in [7, 11) is 0. The number of carbonyl (C=O) groups excluding carboxylic acids is 1. The van der Waals surface area contributed by atoms with Gasteiger partial charge in [0.05, 0.1) is 0 Å². The van der Waals surface area contributed by atoms with Crippen LogP contribution in [0.5, 0.6) is 0 Å².